The van der Waals surface area contributed by atoms with Gasteiger partial charge in [-0.25, -0.2) is 4.79 Å². The first-order valence-electron chi connectivity index (χ1n) is 4.77. The molecule has 0 aliphatic rings. The van der Waals surface area contributed by atoms with Crippen LogP contribution in [0.2, 0.25) is 0 Å². The second-order valence-electron chi connectivity index (χ2n) is 3.45. The molecule has 2 N–H and O–H groups in total. The van der Waals surface area contributed by atoms with Gasteiger partial charge in [-0.05, 0) is 17.7 Å². The number of carbonyl (C=O) groups is 1. The van der Waals surface area contributed by atoms with Crippen LogP contribution in [0, 0.1) is 0 Å². The van der Waals surface area contributed by atoms with Crippen LogP contribution in [0.25, 0.3) is 0 Å². The summed E-state index contributed by atoms with van der Waals surface area (Å²) in [6, 6.07) is 6.26. The van der Waals surface area contributed by atoms with Gasteiger partial charge in [0.25, 0.3) is 0 Å². The van der Waals surface area contributed by atoms with E-state index in [-0.39, 0.29) is 22.9 Å². The minimum atomic E-state index is -1.02. The summed E-state index contributed by atoms with van der Waals surface area (Å²) < 4.78 is 1.19. The van der Waals surface area contributed by atoms with E-state index in [2.05, 4.69) is 0 Å². The van der Waals surface area contributed by atoms with Crippen LogP contribution < -0.4 is 4.87 Å². The number of aromatic nitrogens is 1. The van der Waals surface area contributed by atoms with Gasteiger partial charge in [0.1, 0.15) is 0 Å². The molecule has 0 aliphatic carbocycles. The van der Waals surface area contributed by atoms with E-state index in [4.69, 9.17) is 5.11 Å². The normalized spacial score (nSPS) is 10.4. The average Bonchev–Trinajstić information content (AvgIpc) is 2.61. The van der Waals surface area contributed by atoms with E-state index in [1.807, 2.05) is 0 Å². The van der Waals surface area contributed by atoms with E-state index < -0.39 is 5.97 Å². The summed E-state index contributed by atoms with van der Waals surface area (Å²) in [6.07, 6.45) is 0. The maximum atomic E-state index is 11.4. The quantitative estimate of drug-likeness (QED) is 0.863. The lowest BCUT2D eigenvalue weighted by molar-refractivity contribution is 0.0696. The number of hydrogen-bond donors (Lipinski definition) is 2. The van der Waals surface area contributed by atoms with Crippen LogP contribution in [0.5, 0.6) is 5.88 Å². The fraction of sp³-hybridized carbons (Fsp3) is 0.0909. The third kappa shape index (κ3) is 2.36. The van der Waals surface area contributed by atoms with Gasteiger partial charge in [-0.2, -0.15) is 0 Å². The summed E-state index contributed by atoms with van der Waals surface area (Å²) in [5, 5.41) is 19.6. The highest BCUT2D eigenvalue weighted by Crippen LogP contribution is 2.13. The Balaban J connectivity index is 2.34. The summed E-state index contributed by atoms with van der Waals surface area (Å²) in [5.74, 6) is -1.13. The molecule has 0 radical (unpaired) electrons. The lowest BCUT2D eigenvalue weighted by Gasteiger charge is -2.04. The Labute approximate surface area is 100 Å². The van der Waals surface area contributed by atoms with Gasteiger partial charge in [-0.1, -0.05) is 23.5 Å². The number of carboxylic acid groups (broad SMARTS) is 1. The number of hydrogen-bond acceptors (Lipinski definition) is 4. The van der Waals surface area contributed by atoms with Crippen molar-refractivity contribution in [1.82, 2.24) is 4.57 Å². The molecule has 0 spiro atoms. The van der Waals surface area contributed by atoms with Crippen molar-refractivity contribution in [3.8, 4) is 5.88 Å². The number of rotatable bonds is 3. The highest BCUT2D eigenvalue weighted by molar-refractivity contribution is 7.07. The van der Waals surface area contributed by atoms with Crippen LogP contribution in [-0.4, -0.2) is 20.7 Å². The second kappa shape index (κ2) is 4.42. The third-order valence-corrected chi connectivity index (χ3v) is 3.03. The van der Waals surface area contributed by atoms with Gasteiger partial charge in [0, 0.05) is 0 Å². The third-order valence-electron chi connectivity index (χ3n) is 2.28. The molecule has 17 heavy (non-hydrogen) atoms. The van der Waals surface area contributed by atoms with Crippen molar-refractivity contribution < 1.29 is 15.0 Å². The van der Waals surface area contributed by atoms with Crippen molar-refractivity contribution >= 4 is 17.3 Å². The van der Waals surface area contributed by atoms with Crippen molar-refractivity contribution in [2.24, 2.45) is 0 Å². The van der Waals surface area contributed by atoms with E-state index in [9.17, 15) is 14.7 Å². The largest absolute Gasteiger partial charge is 0.494 e. The molecule has 1 aromatic carbocycles. The SMILES string of the molecule is O=C(O)c1cccc(Cn2c(O)csc2=O)c1. The fourth-order valence-corrected chi connectivity index (χ4v) is 2.07. The summed E-state index contributed by atoms with van der Waals surface area (Å²) >= 11 is 0.902. The summed E-state index contributed by atoms with van der Waals surface area (Å²) in [5.41, 5.74) is 0.811. The van der Waals surface area contributed by atoms with E-state index in [0.717, 1.165) is 11.3 Å². The van der Waals surface area contributed by atoms with Crippen molar-refractivity contribution in [3.05, 3.63) is 50.4 Å². The molecule has 0 unspecified atom stereocenters. The van der Waals surface area contributed by atoms with Crippen LogP contribution >= 0.6 is 11.3 Å². The minimum absolute atomic E-state index is 0.110. The number of aromatic hydroxyl groups is 1. The van der Waals surface area contributed by atoms with Gasteiger partial charge in [0.05, 0.1) is 17.5 Å². The molecule has 0 bridgehead atoms. The highest BCUT2D eigenvalue weighted by Gasteiger charge is 2.08. The van der Waals surface area contributed by atoms with Gasteiger partial charge in [-0.3, -0.25) is 9.36 Å². The van der Waals surface area contributed by atoms with Gasteiger partial charge < -0.3 is 10.2 Å². The predicted molar refractivity (Wildman–Crippen MR) is 62.7 cm³/mol. The van der Waals surface area contributed by atoms with Crippen molar-refractivity contribution in [2.75, 3.05) is 0 Å². The van der Waals surface area contributed by atoms with Crippen molar-refractivity contribution in [2.45, 2.75) is 6.54 Å². The van der Waals surface area contributed by atoms with Crippen LogP contribution in [0.1, 0.15) is 15.9 Å². The Hall–Kier alpha value is -2.08. The topological polar surface area (TPSA) is 79.5 Å². The number of carboxylic acids is 1. The number of benzene rings is 1. The lowest BCUT2D eigenvalue weighted by atomic mass is 10.1. The zero-order chi connectivity index (χ0) is 12.4. The summed E-state index contributed by atoms with van der Waals surface area (Å²) in [7, 11) is 0. The zero-order valence-electron chi connectivity index (χ0n) is 8.66. The molecular formula is C11H9NO4S. The van der Waals surface area contributed by atoms with Crippen LogP contribution in [0.3, 0.4) is 0 Å². The molecule has 0 fully saturated rings. The molecule has 0 atom stereocenters. The summed E-state index contributed by atoms with van der Waals surface area (Å²) in [4.78, 5) is 21.9. The van der Waals surface area contributed by atoms with E-state index >= 15 is 0 Å². The maximum absolute atomic E-state index is 11.4. The first-order chi connectivity index (χ1) is 8.08. The first-order valence-corrected chi connectivity index (χ1v) is 5.65. The van der Waals surface area contributed by atoms with Gasteiger partial charge in [-0.15, -0.1) is 0 Å². The standard InChI is InChI=1S/C11H9NO4S/c13-9-6-17-11(16)12(9)5-7-2-1-3-8(4-7)10(14)15/h1-4,6,13H,5H2,(H,14,15). The molecule has 0 amide bonds. The van der Waals surface area contributed by atoms with Gasteiger partial charge >= 0.3 is 10.8 Å². The number of aromatic carboxylic acids is 1. The molecule has 0 saturated carbocycles. The minimum Gasteiger partial charge on any atom is -0.494 e. The Kier molecular flexibility index (Phi) is 2.97. The van der Waals surface area contributed by atoms with Crippen LogP contribution in [0.4, 0.5) is 0 Å². The smallest absolute Gasteiger partial charge is 0.335 e. The molecule has 0 aliphatic heterocycles. The van der Waals surface area contributed by atoms with E-state index in [1.165, 1.54) is 22.1 Å². The lowest BCUT2D eigenvalue weighted by Crippen LogP contribution is -2.13. The molecule has 1 aromatic heterocycles. The number of nitrogens with zero attached hydrogens (tertiary/aromatic N) is 1. The zero-order valence-corrected chi connectivity index (χ0v) is 9.48. The molecule has 0 saturated heterocycles. The Morgan fingerprint density at radius 1 is 1.41 bits per heavy atom. The second-order valence-corrected chi connectivity index (χ2v) is 4.27. The first kappa shape index (κ1) is 11.4. The Morgan fingerprint density at radius 2 is 2.18 bits per heavy atom. The molecule has 5 nitrogen and oxygen atoms in total. The Bertz CT molecular complexity index is 614. The molecule has 6 heteroatoms. The average molecular weight is 251 g/mol. The number of thiazole rings is 1. The fourth-order valence-electron chi connectivity index (χ4n) is 1.45. The molecule has 2 rings (SSSR count). The Morgan fingerprint density at radius 3 is 2.76 bits per heavy atom. The van der Waals surface area contributed by atoms with E-state index in [1.54, 1.807) is 12.1 Å². The maximum Gasteiger partial charge on any atom is 0.335 e. The van der Waals surface area contributed by atoms with Gasteiger partial charge in [0.15, 0.2) is 0 Å². The molecule has 2 aromatic rings. The summed E-state index contributed by atoms with van der Waals surface area (Å²) in [6.45, 7) is 0.162. The predicted octanol–water partition coefficient (Wildman–Crippen LogP) is 1.36. The van der Waals surface area contributed by atoms with Crippen LogP contribution in [-0.2, 0) is 6.54 Å². The monoisotopic (exact) mass is 251 g/mol. The van der Waals surface area contributed by atoms with Gasteiger partial charge in [0.2, 0.25) is 5.88 Å². The molecular weight excluding hydrogens is 242 g/mol. The van der Waals surface area contributed by atoms with E-state index in [0.29, 0.717) is 5.56 Å². The molecule has 88 valence electrons. The van der Waals surface area contributed by atoms with Crippen molar-refractivity contribution in [3.63, 3.8) is 0 Å². The van der Waals surface area contributed by atoms with Crippen molar-refractivity contribution in [1.29, 1.82) is 0 Å². The highest BCUT2D eigenvalue weighted by atomic mass is 32.1. The molecule has 1 heterocycles. The van der Waals surface area contributed by atoms with Crippen LogP contribution in [0.15, 0.2) is 34.4 Å².